The standard InChI is InChI=1S/C15H17FN2OS/c1-9-4-5-17-8-12(9)18-15(19)14-7-10-6-11(16)2-3-13(10)20-14/h2-3,6-7,9,12,17H,4-5,8H2,1H3,(H,18,19). The maximum atomic E-state index is 13.2. The quantitative estimate of drug-likeness (QED) is 0.893. The maximum Gasteiger partial charge on any atom is 0.261 e. The molecule has 3 rings (SSSR count). The van der Waals surface area contributed by atoms with Gasteiger partial charge in [0.1, 0.15) is 5.82 Å². The van der Waals surface area contributed by atoms with Crippen LogP contribution in [0.15, 0.2) is 24.3 Å². The minimum atomic E-state index is -0.271. The topological polar surface area (TPSA) is 41.1 Å². The molecule has 1 aliphatic heterocycles. The van der Waals surface area contributed by atoms with E-state index in [1.54, 1.807) is 12.1 Å². The van der Waals surface area contributed by atoms with Gasteiger partial charge in [-0.25, -0.2) is 4.39 Å². The van der Waals surface area contributed by atoms with Crippen LogP contribution in [0, 0.1) is 11.7 Å². The molecular weight excluding hydrogens is 275 g/mol. The molecule has 1 aromatic carbocycles. The first-order valence-electron chi connectivity index (χ1n) is 6.84. The zero-order valence-electron chi connectivity index (χ0n) is 11.3. The summed E-state index contributed by atoms with van der Waals surface area (Å²) in [5, 5.41) is 7.16. The monoisotopic (exact) mass is 292 g/mol. The molecule has 1 fully saturated rings. The van der Waals surface area contributed by atoms with Gasteiger partial charge in [-0.3, -0.25) is 4.79 Å². The molecule has 1 aromatic heterocycles. The van der Waals surface area contributed by atoms with Crippen molar-refractivity contribution in [2.24, 2.45) is 5.92 Å². The van der Waals surface area contributed by atoms with Gasteiger partial charge in [0.2, 0.25) is 0 Å². The predicted molar refractivity (Wildman–Crippen MR) is 79.7 cm³/mol. The van der Waals surface area contributed by atoms with Crippen LogP contribution in [0.25, 0.3) is 10.1 Å². The number of piperidine rings is 1. The van der Waals surface area contributed by atoms with Crippen LogP contribution in [0.5, 0.6) is 0 Å². The zero-order valence-corrected chi connectivity index (χ0v) is 12.1. The highest BCUT2D eigenvalue weighted by Gasteiger charge is 2.23. The number of hydrogen-bond donors (Lipinski definition) is 2. The second kappa shape index (κ2) is 5.50. The maximum absolute atomic E-state index is 13.2. The van der Waals surface area contributed by atoms with Gasteiger partial charge in [0.05, 0.1) is 4.88 Å². The Morgan fingerprint density at radius 1 is 1.45 bits per heavy atom. The van der Waals surface area contributed by atoms with Crippen LogP contribution in [0.1, 0.15) is 23.0 Å². The average Bonchev–Trinajstić information content (AvgIpc) is 2.84. The molecule has 1 amide bonds. The van der Waals surface area contributed by atoms with Crippen molar-refractivity contribution in [1.82, 2.24) is 10.6 Å². The van der Waals surface area contributed by atoms with Crippen LogP contribution < -0.4 is 10.6 Å². The first kappa shape index (κ1) is 13.5. The highest BCUT2D eigenvalue weighted by atomic mass is 32.1. The number of thiophene rings is 1. The molecule has 2 unspecified atom stereocenters. The van der Waals surface area contributed by atoms with E-state index in [1.807, 2.05) is 0 Å². The van der Waals surface area contributed by atoms with Gasteiger partial charge >= 0.3 is 0 Å². The normalized spacial score (nSPS) is 22.9. The lowest BCUT2D eigenvalue weighted by molar-refractivity contribution is 0.0919. The van der Waals surface area contributed by atoms with Crippen molar-refractivity contribution in [3.8, 4) is 0 Å². The van der Waals surface area contributed by atoms with E-state index in [2.05, 4.69) is 17.6 Å². The number of nitrogens with one attached hydrogen (secondary N) is 2. The summed E-state index contributed by atoms with van der Waals surface area (Å²) in [5.41, 5.74) is 0. The van der Waals surface area contributed by atoms with E-state index in [0.717, 1.165) is 29.6 Å². The number of rotatable bonds is 2. The summed E-state index contributed by atoms with van der Waals surface area (Å²) < 4.78 is 14.1. The fraction of sp³-hybridized carbons (Fsp3) is 0.400. The lowest BCUT2D eigenvalue weighted by Crippen LogP contribution is -2.50. The van der Waals surface area contributed by atoms with Crippen LogP contribution in [0.2, 0.25) is 0 Å². The van der Waals surface area contributed by atoms with Gasteiger partial charge < -0.3 is 10.6 Å². The third-order valence-electron chi connectivity index (χ3n) is 3.85. The summed E-state index contributed by atoms with van der Waals surface area (Å²) in [5.74, 6) is 0.145. The summed E-state index contributed by atoms with van der Waals surface area (Å²) in [6.07, 6.45) is 1.07. The molecule has 2 heterocycles. The molecular formula is C15H17FN2OS. The van der Waals surface area contributed by atoms with Crippen molar-refractivity contribution < 1.29 is 9.18 Å². The summed E-state index contributed by atoms with van der Waals surface area (Å²) in [6, 6.07) is 6.54. The van der Waals surface area contributed by atoms with Crippen LogP contribution in [0.4, 0.5) is 4.39 Å². The molecule has 0 spiro atoms. The highest BCUT2D eigenvalue weighted by molar-refractivity contribution is 7.20. The molecule has 2 aromatic rings. The van der Waals surface area contributed by atoms with Gasteiger partial charge in [0, 0.05) is 17.3 Å². The van der Waals surface area contributed by atoms with Crippen molar-refractivity contribution in [2.45, 2.75) is 19.4 Å². The van der Waals surface area contributed by atoms with Crippen molar-refractivity contribution in [1.29, 1.82) is 0 Å². The van der Waals surface area contributed by atoms with E-state index in [1.165, 1.54) is 23.5 Å². The Hall–Kier alpha value is -1.46. The van der Waals surface area contributed by atoms with Gasteiger partial charge in [0.25, 0.3) is 5.91 Å². The van der Waals surface area contributed by atoms with Crippen molar-refractivity contribution in [2.75, 3.05) is 13.1 Å². The number of carbonyl (C=O) groups is 1. The minimum absolute atomic E-state index is 0.0628. The zero-order chi connectivity index (χ0) is 14.1. The van der Waals surface area contributed by atoms with E-state index in [0.29, 0.717) is 10.8 Å². The predicted octanol–water partition coefficient (Wildman–Crippen LogP) is 2.77. The molecule has 5 heteroatoms. The van der Waals surface area contributed by atoms with Crippen molar-refractivity contribution in [3.05, 3.63) is 35.0 Å². The number of amides is 1. The first-order valence-corrected chi connectivity index (χ1v) is 7.66. The van der Waals surface area contributed by atoms with E-state index in [-0.39, 0.29) is 17.8 Å². The Morgan fingerprint density at radius 3 is 3.10 bits per heavy atom. The molecule has 3 nitrogen and oxygen atoms in total. The Morgan fingerprint density at radius 2 is 2.30 bits per heavy atom. The Balaban J connectivity index is 1.78. The number of fused-ring (bicyclic) bond motifs is 1. The molecule has 106 valence electrons. The Kier molecular flexibility index (Phi) is 3.72. The third kappa shape index (κ3) is 2.69. The smallest absolute Gasteiger partial charge is 0.261 e. The van der Waals surface area contributed by atoms with Crippen molar-refractivity contribution >= 4 is 27.3 Å². The number of halogens is 1. The Labute approximate surface area is 121 Å². The molecule has 1 aliphatic rings. The van der Waals surface area contributed by atoms with E-state index in [9.17, 15) is 9.18 Å². The third-order valence-corrected chi connectivity index (χ3v) is 4.96. The van der Waals surface area contributed by atoms with Crippen molar-refractivity contribution in [3.63, 3.8) is 0 Å². The molecule has 0 bridgehead atoms. The van der Waals surface area contributed by atoms with Crippen LogP contribution >= 0.6 is 11.3 Å². The van der Waals surface area contributed by atoms with Gasteiger partial charge in [-0.15, -0.1) is 11.3 Å². The second-order valence-corrected chi connectivity index (χ2v) is 6.43. The van der Waals surface area contributed by atoms with Gasteiger partial charge in [-0.1, -0.05) is 6.92 Å². The van der Waals surface area contributed by atoms with Crippen LogP contribution in [-0.4, -0.2) is 25.0 Å². The number of benzene rings is 1. The largest absolute Gasteiger partial charge is 0.347 e. The molecule has 0 radical (unpaired) electrons. The SMILES string of the molecule is CC1CCNCC1NC(=O)c1cc2cc(F)ccc2s1. The van der Waals surface area contributed by atoms with E-state index in [4.69, 9.17) is 0 Å². The summed E-state index contributed by atoms with van der Waals surface area (Å²) in [4.78, 5) is 12.9. The highest BCUT2D eigenvalue weighted by Crippen LogP contribution is 2.26. The average molecular weight is 292 g/mol. The lowest BCUT2D eigenvalue weighted by Gasteiger charge is -2.30. The number of carbonyl (C=O) groups excluding carboxylic acids is 1. The summed E-state index contributed by atoms with van der Waals surface area (Å²) in [7, 11) is 0. The van der Waals surface area contributed by atoms with E-state index < -0.39 is 0 Å². The lowest BCUT2D eigenvalue weighted by atomic mass is 9.95. The fourth-order valence-corrected chi connectivity index (χ4v) is 3.49. The molecule has 1 saturated heterocycles. The molecule has 2 N–H and O–H groups in total. The van der Waals surface area contributed by atoms with Gasteiger partial charge in [-0.2, -0.15) is 0 Å². The molecule has 20 heavy (non-hydrogen) atoms. The minimum Gasteiger partial charge on any atom is -0.347 e. The van der Waals surface area contributed by atoms with Crippen LogP contribution in [-0.2, 0) is 0 Å². The molecule has 0 aliphatic carbocycles. The van der Waals surface area contributed by atoms with Gasteiger partial charge in [-0.05, 0) is 48.5 Å². The molecule has 2 atom stereocenters. The fourth-order valence-electron chi connectivity index (χ4n) is 2.55. The summed E-state index contributed by atoms with van der Waals surface area (Å²) >= 11 is 1.40. The van der Waals surface area contributed by atoms with Crippen LogP contribution in [0.3, 0.4) is 0 Å². The number of hydrogen-bond acceptors (Lipinski definition) is 3. The Bertz CT molecular complexity index is 640. The molecule has 0 saturated carbocycles. The summed E-state index contributed by atoms with van der Waals surface area (Å²) in [6.45, 7) is 3.98. The van der Waals surface area contributed by atoms with Gasteiger partial charge in [0.15, 0.2) is 0 Å². The first-order chi connectivity index (χ1) is 9.63. The second-order valence-electron chi connectivity index (χ2n) is 5.34. The van der Waals surface area contributed by atoms with E-state index >= 15 is 0 Å².